The number of hydrogen-bond donors (Lipinski definition) is 0. The summed E-state index contributed by atoms with van der Waals surface area (Å²) < 4.78 is 0. The Morgan fingerprint density at radius 3 is 2.46 bits per heavy atom. The van der Waals surface area contributed by atoms with Crippen LogP contribution >= 0.6 is 0 Å². The van der Waals surface area contributed by atoms with Gasteiger partial charge in [-0.1, -0.05) is 0 Å². The molecule has 1 aliphatic rings. The Morgan fingerprint density at radius 2 is 1.92 bits per heavy atom. The first-order chi connectivity index (χ1) is 6.18. The summed E-state index contributed by atoms with van der Waals surface area (Å²) in [5.74, 6) is -0.186. The highest BCUT2D eigenvalue weighted by atomic mass is 16.1. The summed E-state index contributed by atoms with van der Waals surface area (Å²) in [6.45, 7) is 10.6. The molecule has 0 aromatic heterocycles. The van der Waals surface area contributed by atoms with Gasteiger partial charge in [0, 0.05) is 39.5 Å². The van der Waals surface area contributed by atoms with Gasteiger partial charge >= 0.3 is 0 Å². The van der Waals surface area contributed by atoms with Crippen LogP contribution in [0.3, 0.4) is 0 Å². The molecule has 3 nitrogen and oxygen atoms in total. The number of rotatable bonds is 4. The number of nitrogens with zero attached hydrogens (tertiary/aromatic N) is 2. The highest BCUT2D eigenvalue weighted by Crippen LogP contribution is 2.01. The monoisotopic (exact) mass is 182 g/mol. The third-order valence-corrected chi connectivity index (χ3v) is 2.49. The number of Topliss-reactive ketones (excluding diaryl/α,β-unsaturated/α-hetero) is 1. The molecule has 3 heteroatoms. The van der Waals surface area contributed by atoms with Crippen molar-refractivity contribution >= 4 is 5.78 Å². The molecule has 0 saturated carbocycles. The lowest BCUT2D eigenvalue weighted by Gasteiger charge is -2.32. The van der Waals surface area contributed by atoms with Crippen molar-refractivity contribution in [2.75, 3.05) is 39.8 Å². The second-order valence-corrected chi connectivity index (χ2v) is 3.71. The fourth-order valence-electron chi connectivity index (χ4n) is 1.55. The molecule has 0 atom stereocenters. The standard InChI is InChI=1S/C10H18N2O/c1-10(13)4-3-5-12-8-6-11(2)7-9-12/h1H,3-9H2,2H3. The average Bonchev–Trinajstić information content (AvgIpc) is 2.08. The van der Waals surface area contributed by atoms with E-state index >= 15 is 0 Å². The van der Waals surface area contributed by atoms with Crippen molar-refractivity contribution in [3.8, 4) is 0 Å². The van der Waals surface area contributed by atoms with Crippen molar-refractivity contribution in [1.82, 2.24) is 9.80 Å². The smallest absolute Gasteiger partial charge is 0.137 e. The zero-order valence-corrected chi connectivity index (χ0v) is 8.33. The van der Waals surface area contributed by atoms with Crippen LogP contribution in [0.25, 0.3) is 0 Å². The maximum Gasteiger partial charge on any atom is 0.137 e. The summed E-state index contributed by atoms with van der Waals surface area (Å²) in [6, 6.07) is 0. The molecule has 13 heavy (non-hydrogen) atoms. The van der Waals surface area contributed by atoms with E-state index in [1.54, 1.807) is 0 Å². The molecule has 1 heterocycles. The zero-order chi connectivity index (χ0) is 9.68. The first kappa shape index (κ1) is 10.7. The van der Waals surface area contributed by atoms with E-state index in [0.29, 0.717) is 6.42 Å². The number of likely N-dealkylation sites (N-methyl/N-ethyl adjacent to an activating group) is 1. The highest BCUT2D eigenvalue weighted by molar-refractivity contribution is 5.82. The predicted molar refractivity (Wildman–Crippen MR) is 52.5 cm³/mol. The summed E-state index contributed by atoms with van der Waals surface area (Å²) in [6.07, 6.45) is 1.42. The van der Waals surface area contributed by atoms with Gasteiger partial charge in [0.15, 0.2) is 0 Å². The summed E-state index contributed by atoms with van der Waals surface area (Å²) in [7, 11) is 2.14. The minimum Gasteiger partial charge on any atom is -0.304 e. The lowest BCUT2D eigenvalue weighted by Crippen LogP contribution is -2.44. The number of carbonyl (C=O) groups is 1. The van der Waals surface area contributed by atoms with E-state index in [9.17, 15) is 4.79 Å². The molecule has 0 unspecified atom stereocenters. The van der Waals surface area contributed by atoms with Gasteiger partial charge in [0.25, 0.3) is 0 Å². The van der Waals surface area contributed by atoms with Crippen LogP contribution in [0.15, 0.2) is 0 Å². The summed E-state index contributed by atoms with van der Waals surface area (Å²) in [4.78, 5) is 15.2. The molecule has 0 aromatic rings. The Bertz CT molecular complexity index is 162. The Labute approximate surface area is 80.7 Å². The van der Waals surface area contributed by atoms with Crippen LogP contribution in [0.5, 0.6) is 0 Å². The van der Waals surface area contributed by atoms with E-state index in [2.05, 4.69) is 16.8 Å². The van der Waals surface area contributed by atoms with Crippen LogP contribution in [0, 0.1) is 6.92 Å². The Morgan fingerprint density at radius 1 is 1.31 bits per heavy atom. The van der Waals surface area contributed by atoms with E-state index in [-0.39, 0.29) is 5.78 Å². The second kappa shape index (κ2) is 5.35. The van der Waals surface area contributed by atoms with Crippen LogP contribution in [0.1, 0.15) is 12.8 Å². The molecule has 0 N–H and O–H groups in total. The lowest BCUT2D eigenvalue weighted by atomic mass is 10.2. The maximum atomic E-state index is 10.5. The van der Waals surface area contributed by atoms with Crippen LogP contribution in [-0.2, 0) is 4.79 Å². The molecule has 0 amide bonds. The Hall–Kier alpha value is -0.410. The maximum absolute atomic E-state index is 10.5. The van der Waals surface area contributed by atoms with Gasteiger partial charge in [0.1, 0.15) is 5.78 Å². The summed E-state index contributed by atoms with van der Waals surface area (Å²) >= 11 is 0. The molecule has 0 aromatic carbocycles. The molecule has 0 spiro atoms. The second-order valence-electron chi connectivity index (χ2n) is 3.71. The molecule has 0 bridgehead atoms. The molecular formula is C10H18N2O. The molecule has 1 aliphatic heterocycles. The molecule has 0 aliphatic carbocycles. The quantitative estimate of drug-likeness (QED) is 0.624. The van der Waals surface area contributed by atoms with Crippen molar-refractivity contribution in [2.45, 2.75) is 12.8 Å². The minimum atomic E-state index is -0.186. The van der Waals surface area contributed by atoms with Gasteiger partial charge in [-0.3, -0.25) is 4.79 Å². The number of ketones is 1. The number of piperazine rings is 1. The van der Waals surface area contributed by atoms with E-state index < -0.39 is 0 Å². The van der Waals surface area contributed by atoms with Gasteiger partial charge < -0.3 is 9.80 Å². The van der Waals surface area contributed by atoms with Gasteiger partial charge in [0.05, 0.1) is 0 Å². The minimum absolute atomic E-state index is 0.186. The topological polar surface area (TPSA) is 23.6 Å². The Balaban J connectivity index is 2.05. The third kappa shape index (κ3) is 4.39. The van der Waals surface area contributed by atoms with Crippen LogP contribution < -0.4 is 0 Å². The fourth-order valence-corrected chi connectivity index (χ4v) is 1.55. The normalized spacial score (nSPS) is 20.5. The van der Waals surface area contributed by atoms with Gasteiger partial charge in [-0.15, -0.1) is 0 Å². The van der Waals surface area contributed by atoms with Gasteiger partial charge in [-0.2, -0.15) is 0 Å². The van der Waals surface area contributed by atoms with Crippen LogP contribution in [-0.4, -0.2) is 55.4 Å². The van der Waals surface area contributed by atoms with Gasteiger partial charge in [-0.05, 0) is 20.0 Å². The number of hydrogen-bond acceptors (Lipinski definition) is 3. The van der Waals surface area contributed by atoms with Crippen molar-refractivity contribution in [2.24, 2.45) is 0 Å². The fraction of sp³-hybridized carbons (Fsp3) is 0.800. The molecule has 1 fully saturated rings. The third-order valence-electron chi connectivity index (χ3n) is 2.49. The van der Waals surface area contributed by atoms with Crippen LogP contribution in [0.4, 0.5) is 0 Å². The van der Waals surface area contributed by atoms with E-state index in [1.165, 1.54) is 0 Å². The molecule has 2 radical (unpaired) electrons. The van der Waals surface area contributed by atoms with Crippen molar-refractivity contribution in [3.63, 3.8) is 0 Å². The average molecular weight is 182 g/mol. The highest BCUT2D eigenvalue weighted by Gasteiger charge is 2.12. The predicted octanol–water partition coefficient (Wildman–Crippen LogP) is 0.294. The summed E-state index contributed by atoms with van der Waals surface area (Å²) in [5.41, 5.74) is 0. The van der Waals surface area contributed by atoms with Crippen molar-refractivity contribution in [3.05, 3.63) is 6.92 Å². The van der Waals surface area contributed by atoms with E-state index in [4.69, 9.17) is 6.92 Å². The van der Waals surface area contributed by atoms with Crippen LogP contribution in [0.2, 0.25) is 0 Å². The first-order valence-electron chi connectivity index (χ1n) is 4.87. The Kier molecular flexibility index (Phi) is 4.39. The van der Waals surface area contributed by atoms with Gasteiger partial charge in [0.2, 0.25) is 0 Å². The summed E-state index contributed by atoms with van der Waals surface area (Å²) in [5, 5.41) is 0. The molecule has 1 rings (SSSR count). The SMILES string of the molecule is [CH]C(=O)CCCN1CCN(C)CC1. The molecule has 1 saturated heterocycles. The van der Waals surface area contributed by atoms with Crippen molar-refractivity contribution < 1.29 is 4.79 Å². The number of carbonyl (C=O) groups excluding carboxylic acids is 1. The molecular weight excluding hydrogens is 164 g/mol. The molecule has 74 valence electrons. The van der Waals surface area contributed by atoms with E-state index in [0.717, 1.165) is 39.1 Å². The van der Waals surface area contributed by atoms with Gasteiger partial charge in [-0.25, -0.2) is 0 Å². The largest absolute Gasteiger partial charge is 0.304 e. The first-order valence-corrected chi connectivity index (χ1v) is 4.87. The lowest BCUT2D eigenvalue weighted by molar-refractivity contribution is -0.115. The zero-order valence-electron chi connectivity index (χ0n) is 8.33. The van der Waals surface area contributed by atoms with Crippen molar-refractivity contribution in [1.29, 1.82) is 0 Å². The van der Waals surface area contributed by atoms with E-state index in [1.807, 2.05) is 0 Å².